The molecule has 0 unspecified atom stereocenters. The van der Waals surface area contributed by atoms with E-state index in [9.17, 15) is 15.2 Å². The highest BCUT2D eigenvalue weighted by molar-refractivity contribution is 5.72. The molecule has 2 aromatic carbocycles. The van der Waals surface area contributed by atoms with Gasteiger partial charge in [-0.15, -0.1) is 0 Å². The molecule has 3 rings (SSSR count). The molecule has 114 valence electrons. The first kappa shape index (κ1) is 14.7. The molecule has 0 aliphatic carbocycles. The van der Waals surface area contributed by atoms with Crippen molar-refractivity contribution in [3.05, 3.63) is 88.2 Å². The molecule has 0 amide bonds. The molecule has 0 saturated heterocycles. The largest absolute Gasteiger partial charge is 0.505 e. The molecule has 1 N–H and O–H groups in total. The fraction of sp³-hybridized carbons (Fsp3) is 0.0556. The minimum atomic E-state index is -0.452. The molecule has 5 nitrogen and oxygen atoms in total. The van der Waals surface area contributed by atoms with Gasteiger partial charge in [0.2, 0.25) is 0 Å². The van der Waals surface area contributed by atoms with Crippen molar-refractivity contribution in [1.82, 2.24) is 4.98 Å². The van der Waals surface area contributed by atoms with E-state index in [4.69, 9.17) is 0 Å². The van der Waals surface area contributed by atoms with Gasteiger partial charge in [-0.3, -0.25) is 15.1 Å². The number of hydrogen-bond acceptors (Lipinski definition) is 4. The van der Waals surface area contributed by atoms with Gasteiger partial charge in [-0.25, -0.2) is 0 Å². The van der Waals surface area contributed by atoms with Crippen molar-refractivity contribution in [2.45, 2.75) is 6.42 Å². The third kappa shape index (κ3) is 3.18. The molecule has 0 bridgehead atoms. The summed E-state index contributed by atoms with van der Waals surface area (Å²) >= 11 is 0. The van der Waals surface area contributed by atoms with Crippen molar-refractivity contribution in [2.24, 2.45) is 0 Å². The first-order chi connectivity index (χ1) is 11.1. The summed E-state index contributed by atoms with van der Waals surface area (Å²) in [5.74, 6) is 0.0526. The Kier molecular flexibility index (Phi) is 4.01. The van der Waals surface area contributed by atoms with Crippen LogP contribution in [0.3, 0.4) is 0 Å². The molecular formula is C18H14N2O3. The van der Waals surface area contributed by atoms with Crippen LogP contribution in [0.2, 0.25) is 0 Å². The van der Waals surface area contributed by atoms with Gasteiger partial charge in [0, 0.05) is 30.3 Å². The second-order valence-corrected chi connectivity index (χ2v) is 5.12. The van der Waals surface area contributed by atoms with E-state index in [1.165, 1.54) is 12.1 Å². The van der Waals surface area contributed by atoms with Gasteiger partial charge in [0.05, 0.1) is 10.6 Å². The second kappa shape index (κ2) is 6.27. The number of benzene rings is 2. The Hall–Kier alpha value is -3.21. The van der Waals surface area contributed by atoms with Crippen molar-refractivity contribution >= 4 is 5.69 Å². The van der Waals surface area contributed by atoms with E-state index >= 15 is 0 Å². The van der Waals surface area contributed by atoms with Crippen LogP contribution in [0.15, 0.2) is 66.9 Å². The van der Waals surface area contributed by atoms with Crippen LogP contribution in [-0.4, -0.2) is 15.0 Å². The predicted molar refractivity (Wildman–Crippen MR) is 87.2 cm³/mol. The van der Waals surface area contributed by atoms with Gasteiger partial charge in [0.1, 0.15) is 5.75 Å². The molecule has 0 aliphatic heterocycles. The lowest BCUT2D eigenvalue weighted by Crippen LogP contribution is -1.95. The maximum absolute atomic E-state index is 10.9. The average Bonchev–Trinajstić information content (AvgIpc) is 2.58. The predicted octanol–water partition coefficient (Wildman–Crippen LogP) is 3.95. The molecule has 23 heavy (non-hydrogen) atoms. The first-order valence-corrected chi connectivity index (χ1v) is 7.11. The number of nitro groups is 1. The number of aromatic hydroxyl groups is 1. The molecule has 0 radical (unpaired) electrons. The van der Waals surface area contributed by atoms with Crippen LogP contribution in [0.1, 0.15) is 11.3 Å². The molecule has 0 atom stereocenters. The number of nitro benzene ring substituents is 1. The van der Waals surface area contributed by atoms with E-state index in [-0.39, 0.29) is 11.4 Å². The summed E-state index contributed by atoms with van der Waals surface area (Å²) in [4.78, 5) is 14.7. The minimum absolute atomic E-state index is 0.0108. The lowest BCUT2D eigenvalue weighted by atomic mass is 10.0. The van der Waals surface area contributed by atoms with Crippen LogP contribution in [0, 0.1) is 10.1 Å². The number of aromatic nitrogens is 1. The minimum Gasteiger partial charge on any atom is -0.505 e. The van der Waals surface area contributed by atoms with Crippen molar-refractivity contribution in [1.29, 1.82) is 0 Å². The lowest BCUT2D eigenvalue weighted by molar-refractivity contribution is -0.384. The summed E-state index contributed by atoms with van der Waals surface area (Å²) in [6.07, 6.45) is 2.10. The molecule has 0 aliphatic rings. The quantitative estimate of drug-likeness (QED) is 0.585. The lowest BCUT2D eigenvalue weighted by Gasteiger charge is -2.09. The standard InChI is InChI=1S/C18H14N2O3/c21-18-16(14-7-4-8-15(12-14)20(22)23)9-10-19-17(18)11-13-5-2-1-3-6-13/h1-10,12,21H,11H2. The van der Waals surface area contributed by atoms with Gasteiger partial charge in [0.15, 0.2) is 0 Å². The Morgan fingerprint density at radius 3 is 2.57 bits per heavy atom. The highest BCUT2D eigenvalue weighted by atomic mass is 16.6. The smallest absolute Gasteiger partial charge is 0.270 e. The second-order valence-electron chi connectivity index (χ2n) is 5.12. The molecule has 0 fully saturated rings. The van der Waals surface area contributed by atoms with E-state index in [0.717, 1.165) is 5.56 Å². The number of non-ortho nitro benzene ring substituents is 1. The number of hydrogen-bond donors (Lipinski definition) is 1. The highest BCUT2D eigenvalue weighted by Crippen LogP contribution is 2.33. The third-order valence-corrected chi connectivity index (χ3v) is 3.58. The topological polar surface area (TPSA) is 76.3 Å². The fourth-order valence-corrected chi connectivity index (χ4v) is 2.44. The average molecular weight is 306 g/mol. The van der Waals surface area contributed by atoms with Gasteiger partial charge >= 0.3 is 0 Å². The molecule has 1 aromatic heterocycles. The van der Waals surface area contributed by atoms with Crippen molar-refractivity contribution in [3.8, 4) is 16.9 Å². The third-order valence-electron chi connectivity index (χ3n) is 3.58. The van der Waals surface area contributed by atoms with E-state index in [1.54, 1.807) is 24.4 Å². The Labute approximate surface area is 133 Å². The van der Waals surface area contributed by atoms with Crippen LogP contribution < -0.4 is 0 Å². The fourth-order valence-electron chi connectivity index (χ4n) is 2.44. The van der Waals surface area contributed by atoms with E-state index in [2.05, 4.69) is 4.98 Å². The van der Waals surface area contributed by atoms with E-state index in [1.807, 2.05) is 30.3 Å². The maximum Gasteiger partial charge on any atom is 0.270 e. The molecule has 5 heteroatoms. The molecule has 0 spiro atoms. The Morgan fingerprint density at radius 2 is 1.83 bits per heavy atom. The normalized spacial score (nSPS) is 10.4. The van der Waals surface area contributed by atoms with Gasteiger partial charge in [-0.1, -0.05) is 42.5 Å². The molecular weight excluding hydrogens is 292 g/mol. The Balaban J connectivity index is 2.00. The van der Waals surface area contributed by atoms with Crippen LogP contribution in [0.25, 0.3) is 11.1 Å². The van der Waals surface area contributed by atoms with Gasteiger partial charge in [-0.05, 0) is 17.2 Å². The van der Waals surface area contributed by atoms with Crippen molar-refractivity contribution in [2.75, 3.05) is 0 Å². The first-order valence-electron chi connectivity index (χ1n) is 7.11. The van der Waals surface area contributed by atoms with Crippen LogP contribution in [-0.2, 0) is 6.42 Å². The van der Waals surface area contributed by atoms with Gasteiger partial charge in [-0.2, -0.15) is 0 Å². The van der Waals surface area contributed by atoms with Gasteiger partial charge in [0.25, 0.3) is 5.69 Å². The van der Waals surface area contributed by atoms with E-state index in [0.29, 0.717) is 23.2 Å². The molecule has 0 saturated carbocycles. The van der Waals surface area contributed by atoms with Crippen LogP contribution in [0.4, 0.5) is 5.69 Å². The van der Waals surface area contributed by atoms with Crippen LogP contribution >= 0.6 is 0 Å². The number of pyridine rings is 1. The summed E-state index contributed by atoms with van der Waals surface area (Å²) in [7, 11) is 0. The van der Waals surface area contributed by atoms with Crippen molar-refractivity contribution in [3.63, 3.8) is 0 Å². The monoisotopic (exact) mass is 306 g/mol. The van der Waals surface area contributed by atoms with Crippen molar-refractivity contribution < 1.29 is 10.0 Å². The molecule has 1 heterocycles. The summed E-state index contributed by atoms with van der Waals surface area (Å²) in [5, 5.41) is 21.4. The summed E-state index contributed by atoms with van der Waals surface area (Å²) < 4.78 is 0. The molecule has 3 aromatic rings. The Bertz CT molecular complexity index is 848. The number of nitrogens with zero attached hydrogens (tertiary/aromatic N) is 2. The van der Waals surface area contributed by atoms with Gasteiger partial charge < -0.3 is 5.11 Å². The summed E-state index contributed by atoms with van der Waals surface area (Å²) in [6, 6.07) is 17.6. The zero-order chi connectivity index (χ0) is 16.2. The zero-order valence-electron chi connectivity index (χ0n) is 12.2. The summed E-state index contributed by atoms with van der Waals surface area (Å²) in [5.41, 5.74) is 2.69. The Morgan fingerprint density at radius 1 is 1.04 bits per heavy atom. The zero-order valence-corrected chi connectivity index (χ0v) is 12.2. The van der Waals surface area contributed by atoms with E-state index < -0.39 is 4.92 Å². The highest BCUT2D eigenvalue weighted by Gasteiger charge is 2.13. The summed E-state index contributed by atoms with van der Waals surface area (Å²) in [6.45, 7) is 0. The SMILES string of the molecule is O=[N+]([O-])c1cccc(-c2ccnc(Cc3ccccc3)c2O)c1. The van der Waals surface area contributed by atoms with Crippen LogP contribution in [0.5, 0.6) is 5.75 Å². The number of rotatable bonds is 4. The maximum atomic E-state index is 10.9.